The van der Waals surface area contributed by atoms with Gasteiger partial charge in [0, 0.05) is 11.7 Å². The minimum atomic E-state index is 0.519. The van der Waals surface area contributed by atoms with Crippen LogP contribution in [-0.4, -0.2) is 20.4 Å². The van der Waals surface area contributed by atoms with E-state index in [1.807, 2.05) is 0 Å². The van der Waals surface area contributed by atoms with E-state index >= 15 is 0 Å². The van der Waals surface area contributed by atoms with E-state index in [0.717, 1.165) is 24.0 Å². The third-order valence-electron chi connectivity index (χ3n) is 7.42. The van der Waals surface area contributed by atoms with Gasteiger partial charge in [0.15, 0.2) is 0 Å². The maximum absolute atomic E-state index is 6.42. The molecular formula is C21H41BN2. The van der Waals surface area contributed by atoms with Gasteiger partial charge in [-0.15, -0.1) is 0 Å². The van der Waals surface area contributed by atoms with Gasteiger partial charge in [-0.3, -0.25) is 0 Å². The molecule has 4 unspecified atom stereocenters. The fourth-order valence-corrected chi connectivity index (χ4v) is 5.53. The molecule has 2 nitrogen and oxygen atoms in total. The summed E-state index contributed by atoms with van der Waals surface area (Å²) in [6.07, 6.45) is 7.98. The number of hydrogen-bond donors (Lipinski definition) is 2. The standard InChI is InChI=1S/C21H41BN2/c1-7-15(5)19(23)18(22)12-20(6)13-21(20,8-2)17-11-16(17)9-10-24-14(3)4/h14,16-18,24H,7-13,22-23H2,1-6H3/b19-15-/t16-,17?,18?,20?,21?/m1/s1. The maximum atomic E-state index is 6.42. The SMILES string of the molecule is BC(CC1(C)CC1(CC)C1C[C@H]1CCNC(C)C)/C(N)=C(\C)CC. The van der Waals surface area contributed by atoms with Crippen LogP contribution in [0.4, 0.5) is 0 Å². The highest BCUT2D eigenvalue weighted by atomic mass is 14.9. The van der Waals surface area contributed by atoms with Gasteiger partial charge in [-0.2, -0.15) is 0 Å². The van der Waals surface area contributed by atoms with Crippen LogP contribution >= 0.6 is 0 Å². The Morgan fingerprint density at radius 1 is 1.33 bits per heavy atom. The molecular weight excluding hydrogens is 291 g/mol. The van der Waals surface area contributed by atoms with Gasteiger partial charge < -0.3 is 11.1 Å². The zero-order chi connectivity index (χ0) is 18.1. The monoisotopic (exact) mass is 332 g/mol. The number of nitrogens with one attached hydrogen (secondary N) is 1. The lowest BCUT2D eigenvalue weighted by molar-refractivity contribution is 0.274. The molecule has 24 heavy (non-hydrogen) atoms. The summed E-state index contributed by atoms with van der Waals surface area (Å²) in [5.41, 5.74) is 10.1. The lowest BCUT2D eigenvalue weighted by atomic mass is 9.72. The largest absolute Gasteiger partial charge is 0.402 e. The lowest BCUT2D eigenvalue weighted by Crippen LogP contribution is -2.24. The molecule has 0 aromatic heterocycles. The van der Waals surface area contributed by atoms with Crippen LogP contribution < -0.4 is 11.1 Å². The van der Waals surface area contributed by atoms with Crippen molar-refractivity contribution in [1.29, 1.82) is 0 Å². The first-order valence-corrected chi connectivity index (χ1v) is 10.4. The molecule has 0 amide bonds. The minimum absolute atomic E-state index is 0.519. The van der Waals surface area contributed by atoms with Crippen LogP contribution in [0.25, 0.3) is 0 Å². The van der Waals surface area contributed by atoms with Crippen LogP contribution in [0.5, 0.6) is 0 Å². The van der Waals surface area contributed by atoms with Crippen molar-refractivity contribution in [2.45, 2.75) is 91.9 Å². The van der Waals surface area contributed by atoms with E-state index in [-0.39, 0.29) is 0 Å². The van der Waals surface area contributed by atoms with Gasteiger partial charge >= 0.3 is 0 Å². The Balaban J connectivity index is 1.92. The van der Waals surface area contributed by atoms with Gasteiger partial charge in [-0.1, -0.05) is 40.2 Å². The first kappa shape index (κ1) is 19.9. The molecule has 138 valence electrons. The summed E-state index contributed by atoms with van der Waals surface area (Å²) < 4.78 is 0. The second-order valence-corrected chi connectivity index (χ2v) is 9.44. The number of allylic oxidation sites excluding steroid dienone is 2. The summed E-state index contributed by atoms with van der Waals surface area (Å²) in [7, 11) is 2.34. The summed E-state index contributed by atoms with van der Waals surface area (Å²) in [5, 5.41) is 3.59. The van der Waals surface area contributed by atoms with Crippen molar-refractivity contribution >= 4 is 7.85 Å². The maximum Gasteiger partial charge on any atom is 0.113 e. The highest BCUT2D eigenvalue weighted by Gasteiger charge is 2.70. The molecule has 0 spiro atoms. The smallest absolute Gasteiger partial charge is 0.113 e. The molecule has 2 saturated carbocycles. The third kappa shape index (κ3) is 3.87. The zero-order valence-electron chi connectivity index (χ0n) is 17.3. The summed E-state index contributed by atoms with van der Waals surface area (Å²) in [4.78, 5) is 0. The second-order valence-electron chi connectivity index (χ2n) is 9.44. The Morgan fingerprint density at radius 2 is 2.00 bits per heavy atom. The molecule has 0 saturated heterocycles. The van der Waals surface area contributed by atoms with E-state index in [1.165, 1.54) is 44.2 Å². The molecule has 2 aliphatic rings. The second kappa shape index (κ2) is 7.44. The molecule has 0 heterocycles. The van der Waals surface area contributed by atoms with Gasteiger partial charge in [0.1, 0.15) is 7.85 Å². The Bertz CT molecular complexity index is 472. The summed E-state index contributed by atoms with van der Waals surface area (Å²) in [6, 6.07) is 0.617. The molecule has 2 aliphatic carbocycles. The minimum Gasteiger partial charge on any atom is -0.402 e. The fourth-order valence-electron chi connectivity index (χ4n) is 5.53. The Morgan fingerprint density at radius 3 is 2.54 bits per heavy atom. The fraction of sp³-hybridized carbons (Fsp3) is 0.905. The number of nitrogens with two attached hydrogens (primary N) is 1. The van der Waals surface area contributed by atoms with Crippen LogP contribution in [0, 0.1) is 22.7 Å². The quantitative estimate of drug-likeness (QED) is 0.586. The Hall–Kier alpha value is -0.435. The van der Waals surface area contributed by atoms with Gasteiger partial charge in [0.2, 0.25) is 0 Å². The molecule has 0 aromatic rings. The molecule has 2 rings (SSSR count). The van der Waals surface area contributed by atoms with Crippen molar-refractivity contribution in [3.05, 3.63) is 11.3 Å². The first-order chi connectivity index (χ1) is 11.2. The van der Waals surface area contributed by atoms with Crippen molar-refractivity contribution in [2.24, 2.45) is 28.4 Å². The Labute approximate surface area is 151 Å². The zero-order valence-corrected chi connectivity index (χ0v) is 17.3. The van der Waals surface area contributed by atoms with Crippen LogP contribution in [-0.2, 0) is 0 Å². The van der Waals surface area contributed by atoms with Gasteiger partial charge in [-0.05, 0) is 80.5 Å². The summed E-state index contributed by atoms with van der Waals surface area (Å²) >= 11 is 0. The average molecular weight is 332 g/mol. The van der Waals surface area contributed by atoms with Crippen molar-refractivity contribution < 1.29 is 0 Å². The Kier molecular flexibility index (Phi) is 6.16. The van der Waals surface area contributed by atoms with Gasteiger partial charge in [0.25, 0.3) is 0 Å². The van der Waals surface area contributed by atoms with Gasteiger partial charge in [-0.25, -0.2) is 0 Å². The number of hydrogen-bond acceptors (Lipinski definition) is 2. The average Bonchev–Trinajstić information content (AvgIpc) is 3.41. The van der Waals surface area contributed by atoms with Gasteiger partial charge in [0.05, 0.1) is 0 Å². The number of rotatable bonds is 10. The van der Waals surface area contributed by atoms with Crippen LogP contribution in [0.2, 0.25) is 5.82 Å². The topological polar surface area (TPSA) is 38.0 Å². The van der Waals surface area contributed by atoms with Crippen molar-refractivity contribution in [1.82, 2.24) is 5.32 Å². The summed E-state index contributed by atoms with van der Waals surface area (Å²) in [5.74, 6) is 2.48. The highest BCUT2D eigenvalue weighted by Crippen LogP contribution is 2.78. The highest BCUT2D eigenvalue weighted by molar-refractivity contribution is 6.13. The summed E-state index contributed by atoms with van der Waals surface area (Å²) in [6.45, 7) is 15.1. The van der Waals surface area contributed by atoms with Crippen LogP contribution in [0.1, 0.15) is 80.1 Å². The molecule has 0 aliphatic heterocycles. The van der Waals surface area contributed by atoms with Crippen molar-refractivity contribution in [3.8, 4) is 0 Å². The first-order valence-electron chi connectivity index (χ1n) is 10.4. The van der Waals surface area contributed by atoms with Crippen LogP contribution in [0.3, 0.4) is 0 Å². The van der Waals surface area contributed by atoms with Crippen LogP contribution in [0.15, 0.2) is 11.3 Å². The van der Waals surface area contributed by atoms with E-state index < -0.39 is 0 Å². The molecule has 3 heteroatoms. The normalized spacial score (nSPS) is 37.3. The molecule has 0 bridgehead atoms. The van der Waals surface area contributed by atoms with E-state index in [0.29, 0.717) is 22.7 Å². The van der Waals surface area contributed by atoms with E-state index in [4.69, 9.17) is 5.73 Å². The predicted octanol–water partition coefficient (Wildman–Crippen LogP) is 4.27. The van der Waals surface area contributed by atoms with E-state index in [1.54, 1.807) is 0 Å². The lowest BCUT2D eigenvalue weighted by Gasteiger charge is -2.26. The molecule has 2 fully saturated rings. The van der Waals surface area contributed by atoms with E-state index in [2.05, 4.69) is 54.7 Å². The molecule has 0 radical (unpaired) electrons. The predicted molar refractivity (Wildman–Crippen MR) is 109 cm³/mol. The van der Waals surface area contributed by atoms with Crippen molar-refractivity contribution in [2.75, 3.05) is 6.54 Å². The van der Waals surface area contributed by atoms with E-state index in [9.17, 15) is 0 Å². The molecule has 5 atom stereocenters. The van der Waals surface area contributed by atoms with Crippen molar-refractivity contribution in [3.63, 3.8) is 0 Å². The molecule has 0 aromatic carbocycles. The third-order valence-corrected chi connectivity index (χ3v) is 7.42. The molecule has 3 N–H and O–H groups in total.